The summed E-state index contributed by atoms with van der Waals surface area (Å²) in [4.78, 5) is 10.2. The Labute approximate surface area is 99.2 Å². The van der Waals surface area contributed by atoms with Crippen LogP contribution in [0.4, 0.5) is 0 Å². The van der Waals surface area contributed by atoms with Crippen LogP contribution < -0.4 is 0 Å². The predicted octanol–water partition coefficient (Wildman–Crippen LogP) is 4.17. The molecule has 1 heteroatoms. The lowest BCUT2D eigenvalue weighted by Gasteiger charge is -2.02. The third-order valence-corrected chi connectivity index (χ3v) is 2.26. The molecule has 1 aromatic carbocycles. The Morgan fingerprint density at radius 1 is 1.31 bits per heavy atom. The van der Waals surface area contributed by atoms with Crippen molar-refractivity contribution in [1.82, 2.24) is 0 Å². The zero-order valence-electron chi connectivity index (χ0n) is 10.4. The van der Waals surface area contributed by atoms with Crippen LogP contribution in [0.5, 0.6) is 0 Å². The molecule has 1 unspecified atom stereocenters. The molecular formula is C15H22O. The molecule has 1 rings (SSSR count). The monoisotopic (exact) mass is 218 g/mol. The van der Waals surface area contributed by atoms with E-state index in [1.807, 2.05) is 18.2 Å². The van der Waals surface area contributed by atoms with Crippen molar-refractivity contribution in [2.45, 2.75) is 33.1 Å². The summed E-state index contributed by atoms with van der Waals surface area (Å²) in [5.41, 5.74) is 1.32. The molecule has 1 nitrogen and oxygen atoms in total. The highest BCUT2D eigenvalue weighted by Crippen LogP contribution is 2.07. The number of aldehydes is 1. The first kappa shape index (κ1) is 14.6. The maximum atomic E-state index is 10.2. The molecule has 0 spiro atoms. The number of hydrogen-bond donors (Lipinski definition) is 0. The van der Waals surface area contributed by atoms with Crippen LogP contribution in [0.15, 0.2) is 43.0 Å². The van der Waals surface area contributed by atoms with Gasteiger partial charge in [-0.2, -0.15) is 0 Å². The third kappa shape index (κ3) is 7.98. The summed E-state index contributed by atoms with van der Waals surface area (Å²) < 4.78 is 0. The van der Waals surface area contributed by atoms with E-state index in [4.69, 9.17) is 0 Å². The summed E-state index contributed by atoms with van der Waals surface area (Å²) in [5.74, 6) is 0.215. The van der Waals surface area contributed by atoms with Crippen molar-refractivity contribution < 1.29 is 4.79 Å². The number of benzene rings is 1. The molecule has 0 aliphatic rings. The van der Waals surface area contributed by atoms with Crippen molar-refractivity contribution >= 4 is 6.29 Å². The Balaban J connectivity index is 0.000000288. The summed E-state index contributed by atoms with van der Waals surface area (Å²) in [6, 6.07) is 10.3. The fourth-order valence-corrected chi connectivity index (χ4v) is 1.36. The van der Waals surface area contributed by atoms with Gasteiger partial charge in [0.2, 0.25) is 0 Å². The molecule has 0 radical (unpaired) electrons. The average Bonchev–Trinajstić information content (AvgIpc) is 2.30. The van der Waals surface area contributed by atoms with E-state index in [0.29, 0.717) is 0 Å². The summed E-state index contributed by atoms with van der Waals surface area (Å²) in [5, 5.41) is 0. The van der Waals surface area contributed by atoms with E-state index in [1.54, 1.807) is 6.08 Å². The molecule has 0 N–H and O–H groups in total. The largest absolute Gasteiger partial charge is 0.303 e. The second kappa shape index (κ2) is 10.2. The fourth-order valence-electron chi connectivity index (χ4n) is 1.36. The van der Waals surface area contributed by atoms with E-state index in [1.165, 1.54) is 5.56 Å². The molecule has 0 heterocycles. The molecule has 1 atom stereocenters. The van der Waals surface area contributed by atoms with E-state index in [-0.39, 0.29) is 5.92 Å². The second-order valence-corrected chi connectivity index (χ2v) is 3.86. The SMILES string of the molecule is C=CCC(C=O)CCC.Cc1ccccc1. The predicted molar refractivity (Wildman–Crippen MR) is 70.5 cm³/mol. The highest BCUT2D eigenvalue weighted by Gasteiger charge is 2.01. The van der Waals surface area contributed by atoms with Gasteiger partial charge in [0.1, 0.15) is 6.29 Å². The number of carbonyl (C=O) groups excluding carboxylic acids is 1. The normalized spacial score (nSPS) is 10.9. The number of hydrogen-bond acceptors (Lipinski definition) is 1. The quantitative estimate of drug-likeness (QED) is 0.535. The van der Waals surface area contributed by atoms with Crippen molar-refractivity contribution in [3.63, 3.8) is 0 Å². The molecule has 0 aromatic heterocycles. The van der Waals surface area contributed by atoms with Crippen LogP contribution in [0.2, 0.25) is 0 Å². The van der Waals surface area contributed by atoms with Gasteiger partial charge >= 0.3 is 0 Å². The Bertz CT molecular complexity index is 277. The van der Waals surface area contributed by atoms with Crippen LogP contribution in [0, 0.1) is 12.8 Å². The fraction of sp³-hybridized carbons (Fsp3) is 0.400. The smallest absolute Gasteiger partial charge is 0.123 e. The van der Waals surface area contributed by atoms with Gasteiger partial charge < -0.3 is 4.79 Å². The highest BCUT2D eigenvalue weighted by molar-refractivity contribution is 5.53. The maximum Gasteiger partial charge on any atom is 0.123 e. The first-order chi connectivity index (χ1) is 7.74. The standard InChI is InChI=1S/C8H14O.C7H8/c1-3-5-8(7-9)6-4-2;1-7-5-3-2-4-6-7/h3,7-8H,1,4-6H2,2H3;2-6H,1H3. The first-order valence-corrected chi connectivity index (χ1v) is 5.82. The summed E-state index contributed by atoms with van der Waals surface area (Å²) in [6.07, 6.45) is 5.73. The van der Waals surface area contributed by atoms with Gasteiger partial charge in [-0.15, -0.1) is 6.58 Å². The molecule has 0 saturated heterocycles. The van der Waals surface area contributed by atoms with Gasteiger partial charge in [-0.3, -0.25) is 0 Å². The molecule has 16 heavy (non-hydrogen) atoms. The van der Waals surface area contributed by atoms with Crippen LogP contribution in [0.1, 0.15) is 31.7 Å². The molecule has 0 bridgehead atoms. The van der Waals surface area contributed by atoms with Crippen molar-refractivity contribution in [2.24, 2.45) is 5.92 Å². The van der Waals surface area contributed by atoms with Crippen molar-refractivity contribution in [1.29, 1.82) is 0 Å². The van der Waals surface area contributed by atoms with Crippen LogP contribution in [-0.4, -0.2) is 6.29 Å². The number of carbonyl (C=O) groups is 1. The van der Waals surface area contributed by atoms with Gasteiger partial charge in [-0.05, 0) is 19.8 Å². The second-order valence-electron chi connectivity index (χ2n) is 3.86. The molecule has 0 amide bonds. The van der Waals surface area contributed by atoms with Crippen molar-refractivity contribution in [2.75, 3.05) is 0 Å². The van der Waals surface area contributed by atoms with Crippen LogP contribution in [0.3, 0.4) is 0 Å². The molecule has 1 aromatic rings. The summed E-state index contributed by atoms with van der Waals surface area (Å²) in [7, 11) is 0. The topological polar surface area (TPSA) is 17.1 Å². The van der Waals surface area contributed by atoms with Gasteiger partial charge in [0, 0.05) is 5.92 Å². The minimum absolute atomic E-state index is 0.215. The summed E-state index contributed by atoms with van der Waals surface area (Å²) in [6.45, 7) is 7.74. The van der Waals surface area contributed by atoms with E-state index in [2.05, 4.69) is 32.6 Å². The maximum absolute atomic E-state index is 10.2. The Hall–Kier alpha value is -1.37. The Morgan fingerprint density at radius 3 is 2.25 bits per heavy atom. The van der Waals surface area contributed by atoms with Crippen molar-refractivity contribution in [3.05, 3.63) is 48.6 Å². The van der Waals surface area contributed by atoms with Crippen LogP contribution >= 0.6 is 0 Å². The van der Waals surface area contributed by atoms with E-state index >= 15 is 0 Å². The highest BCUT2D eigenvalue weighted by atomic mass is 16.1. The molecular weight excluding hydrogens is 196 g/mol. The number of aryl methyl sites for hydroxylation is 1. The summed E-state index contributed by atoms with van der Waals surface area (Å²) >= 11 is 0. The third-order valence-electron chi connectivity index (χ3n) is 2.26. The number of allylic oxidation sites excluding steroid dienone is 1. The lowest BCUT2D eigenvalue weighted by molar-refractivity contribution is -0.111. The minimum atomic E-state index is 0.215. The lowest BCUT2D eigenvalue weighted by Crippen LogP contribution is -1.98. The Kier molecular flexibility index (Phi) is 9.29. The zero-order valence-corrected chi connectivity index (χ0v) is 10.4. The van der Waals surface area contributed by atoms with E-state index < -0.39 is 0 Å². The number of rotatable bonds is 5. The van der Waals surface area contributed by atoms with E-state index in [0.717, 1.165) is 25.5 Å². The molecule has 88 valence electrons. The first-order valence-electron chi connectivity index (χ1n) is 5.82. The minimum Gasteiger partial charge on any atom is -0.303 e. The van der Waals surface area contributed by atoms with Gasteiger partial charge in [0.15, 0.2) is 0 Å². The Morgan fingerprint density at radius 2 is 1.94 bits per heavy atom. The van der Waals surface area contributed by atoms with Gasteiger partial charge in [-0.25, -0.2) is 0 Å². The zero-order chi connectivity index (χ0) is 12.2. The van der Waals surface area contributed by atoms with Crippen LogP contribution in [-0.2, 0) is 4.79 Å². The van der Waals surface area contributed by atoms with Crippen molar-refractivity contribution in [3.8, 4) is 0 Å². The van der Waals surface area contributed by atoms with E-state index in [9.17, 15) is 4.79 Å². The van der Waals surface area contributed by atoms with Crippen LogP contribution in [0.25, 0.3) is 0 Å². The lowest BCUT2D eigenvalue weighted by atomic mass is 10.0. The molecule has 0 saturated carbocycles. The van der Waals surface area contributed by atoms with Gasteiger partial charge in [0.25, 0.3) is 0 Å². The molecule has 0 aliphatic carbocycles. The van der Waals surface area contributed by atoms with Gasteiger partial charge in [0.05, 0.1) is 0 Å². The van der Waals surface area contributed by atoms with Gasteiger partial charge in [-0.1, -0.05) is 55.3 Å². The average molecular weight is 218 g/mol. The molecule has 0 aliphatic heterocycles. The molecule has 0 fully saturated rings.